The van der Waals surface area contributed by atoms with Crippen LogP contribution < -0.4 is 0 Å². The van der Waals surface area contributed by atoms with Crippen LogP contribution in [0, 0.1) is 10.5 Å². The molecule has 0 aromatic carbocycles. The van der Waals surface area contributed by atoms with Gasteiger partial charge in [0.25, 0.3) is 0 Å². The van der Waals surface area contributed by atoms with E-state index in [9.17, 15) is 9.59 Å². The fourth-order valence-corrected chi connectivity index (χ4v) is 2.25. The van der Waals surface area contributed by atoms with Crippen LogP contribution in [0.1, 0.15) is 21.7 Å². The van der Waals surface area contributed by atoms with E-state index in [1.807, 2.05) is 22.6 Å². The zero-order valence-electron chi connectivity index (χ0n) is 9.22. The smallest absolute Gasteiger partial charge is 0.355 e. The van der Waals surface area contributed by atoms with Gasteiger partial charge in [-0.2, -0.15) is 0 Å². The molecule has 0 fully saturated rings. The van der Waals surface area contributed by atoms with Crippen molar-refractivity contribution in [3.8, 4) is 0 Å². The minimum atomic E-state index is -0.441. The third-order valence-corrected chi connectivity index (χ3v) is 3.38. The summed E-state index contributed by atoms with van der Waals surface area (Å²) in [5.41, 5.74) is 1.92. The molecule has 1 N–H and O–H groups in total. The van der Waals surface area contributed by atoms with Gasteiger partial charge >= 0.3 is 11.9 Å². The average molecular weight is 337 g/mol. The lowest BCUT2D eigenvalue weighted by Gasteiger charge is -2.00. The van der Waals surface area contributed by atoms with Crippen LogP contribution in [0.15, 0.2) is 0 Å². The Balaban J connectivity index is 3.07. The maximum atomic E-state index is 11.4. The van der Waals surface area contributed by atoms with Crippen molar-refractivity contribution in [3.05, 3.63) is 20.5 Å². The number of hydrogen-bond donors (Lipinski definition) is 1. The molecule has 0 unspecified atom stereocenters. The fraction of sp³-hybridized carbons (Fsp3) is 0.400. The molecule has 0 spiro atoms. The van der Waals surface area contributed by atoms with E-state index in [4.69, 9.17) is 0 Å². The molecule has 1 heterocycles. The summed E-state index contributed by atoms with van der Waals surface area (Å²) in [4.78, 5) is 25.5. The highest BCUT2D eigenvalue weighted by Gasteiger charge is 2.20. The zero-order valence-corrected chi connectivity index (χ0v) is 11.4. The minimum Gasteiger partial charge on any atom is -0.469 e. The lowest BCUT2D eigenvalue weighted by atomic mass is 10.2. The van der Waals surface area contributed by atoms with E-state index < -0.39 is 5.97 Å². The van der Waals surface area contributed by atoms with E-state index >= 15 is 0 Å². The van der Waals surface area contributed by atoms with E-state index in [2.05, 4.69) is 14.5 Å². The number of aromatic amines is 1. The first-order chi connectivity index (χ1) is 7.51. The number of aryl methyl sites for hydroxylation is 1. The van der Waals surface area contributed by atoms with Gasteiger partial charge in [-0.1, -0.05) is 0 Å². The van der Waals surface area contributed by atoms with Crippen LogP contribution in [0.25, 0.3) is 0 Å². The Labute approximate surface area is 107 Å². The van der Waals surface area contributed by atoms with Crippen molar-refractivity contribution in [1.82, 2.24) is 4.98 Å². The molecular weight excluding hydrogens is 325 g/mol. The molecule has 88 valence electrons. The molecule has 0 aliphatic carbocycles. The molecular formula is C10H12INO4. The number of carbonyl (C=O) groups is 2. The van der Waals surface area contributed by atoms with Crippen molar-refractivity contribution < 1.29 is 19.1 Å². The highest BCUT2D eigenvalue weighted by atomic mass is 127. The van der Waals surface area contributed by atoms with Gasteiger partial charge in [-0.25, -0.2) is 4.79 Å². The molecule has 0 atom stereocenters. The number of carbonyl (C=O) groups excluding carboxylic acids is 2. The van der Waals surface area contributed by atoms with Gasteiger partial charge in [0.15, 0.2) is 0 Å². The summed E-state index contributed by atoms with van der Waals surface area (Å²) >= 11 is 2.01. The highest BCUT2D eigenvalue weighted by molar-refractivity contribution is 14.1. The Morgan fingerprint density at radius 2 is 1.94 bits per heavy atom. The summed E-state index contributed by atoms with van der Waals surface area (Å²) in [6.45, 7) is 1.80. The molecule has 6 heteroatoms. The van der Waals surface area contributed by atoms with Crippen LogP contribution in [0.5, 0.6) is 0 Å². The molecule has 1 aromatic heterocycles. The van der Waals surface area contributed by atoms with Crippen LogP contribution in [0.2, 0.25) is 0 Å². The van der Waals surface area contributed by atoms with E-state index in [1.165, 1.54) is 14.2 Å². The van der Waals surface area contributed by atoms with Gasteiger partial charge in [-0.15, -0.1) is 0 Å². The second kappa shape index (κ2) is 5.33. The van der Waals surface area contributed by atoms with Gasteiger partial charge < -0.3 is 14.5 Å². The van der Waals surface area contributed by atoms with Crippen molar-refractivity contribution in [3.63, 3.8) is 0 Å². The van der Waals surface area contributed by atoms with E-state index in [0.717, 1.165) is 11.3 Å². The SMILES string of the molecule is COC(=O)Cc1c(C)[nH]c(C(=O)OC)c1I. The molecule has 0 amide bonds. The largest absolute Gasteiger partial charge is 0.469 e. The monoisotopic (exact) mass is 337 g/mol. The van der Waals surface area contributed by atoms with E-state index in [-0.39, 0.29) is 12.4 Å². The molecule has 1 rings (SSSR count). The molecule has 0 saturated carbocycles. The van der Waals surface area contributed by atoms with Crippen molar-refractivity contribution in [2.75, 3.05) is 14.2 Å². The molecule has 0 aliphatic rings. The predicted molar refractivity (Wildman–Crippen MR) is 65.3 cm³/mol. The van der Waals surface area contributed by atoms with Crippen molar-refractivity contribution in [1.29, 1.82) is 0 Å². The number of hydrogen-bond acceptors (Lipinski definition) is 4. The molecule has 0 bridgehead atoms. The number of nitrogens with one attached hydrogen (secondary N) is 1. The Bertz CT molecular complexity index is 425. The molecule has 5 nitrogen and oxygen atoms in total. The van der Waals surface area contributed by atoms with E-state index in [0.29, 0.717) is 9.26 Å². The van der Waals surface area contributed by atoms with Crippen LogP contribution in [0.4, 0.5) is 0 Å². The second-order valence-corrected chi connectivity index (χ2v) is 4.24. The minimum absolute atomic E-state index is 0.147. The average Bonchev–Trinajstić information content (AvgIpc) is 2.55. The summed E-state index contributed by atoms with van der Waals surface area (Å²) in [6.07, 6.45) is 0.147. The highest BCUT2D eigenvalue weighted by Crippen LogP contribution is 2.22. The predicted octanol–water partition coefficient (Wildman–Crippen LogP) is 1.43. The van der Waals surface area contributed by atoms with Crippen molar-refractivity contribution in [2.24, 2.45) is 0 Å². The third kappa shape index (κ3) is 2.55. The molecule has 0 saturated heterocycles. The second-order valence-electron chi connectivity index (χ2n) is 3.16. The molecule has 1 aromatic rings. The number of aromatic nitrogens is 1. The molecule has 16 heavy (non-hydrogen) atoms. The normalized spacial score (nSPS) is 10.0. The molecule has 0 aliphatic heterocycles. The van der Waals surface area contributed by atoms with Crippen LogP contribution >= 0.6 is 22.6 Å². The Morgan fingerprint density at radius 1 is 1.31 bits per heavy atom. The van der Waals surface area contributed by atoms with Gasteiger partial charge in [0.05, 0.1) is 20.6 Å². The van der Waals surface area contributed by atoms with E-state index in [1.54, 1.807) is 6.92 Å². The van der Waals surface area contributed by atoms with Crippen molar-refractivity contribution in [2.45, 2.75) is 13.3 Å². The third-order valence-electron chi connectivity index (χ3n) is 2.19. The quantitative estimate of drug-likeness (QED) is 0.669. The number of ether oxygens (including phenoxy) is 2. The number of H-pyrrole nitrogens is 1. The lowest BCUT2D eigenvalue weighted by Crippen LogP contribution is -2.07. The topological polar surface area (TPSA) is 68.4 Å². The standard InChI is InChI=1S/C10H12INO4/c1-5-6(4-7(13)15-2)8(11)9(12-5)10(14)16-3/h12H,4H2,1-3H3. The Hall–Kier alpha value is -1.05. The summed E-state index contributed by atoms with van der Waals surface area (Å²) in [7, 11) is 2.65. The zero-order chi connectivity index (χ0) is 12.3. The maximum Gasteiger partial charge on any atom is 0.355 e. The van der Waals surface area contributed by atoms with Gasteiger partial charge in [-0.3, -0.25) is 4.79 Å². The number of esters is 2. The van der Waals surface area contributed by atoms with Crippen LogP contribution in [0.3, 0.4) is 0 Å². The molecule has 0 radical (unpaired) electrons. The summed E-state index contributed by atoms with van der Waals surface area (Å²) < 4.78 is 9.91. The first-order valence-corrected chi connectivity index (χ1v) is 5.61. The van der Waals surface area contributed by atoms with Crippen LogP contribution in [-0.4, -0.2) is 31.1 Å². The fourth-order valence-electron chi connectivity index (χ4n) is 1.30. The number of methoxy groups -OCH3 is 2. The lowest BCUT2D eigenvalue weighted by molar-refractivity contribution is -0.139. The first kappa shape index (κ1) is 13.0. The number of rotatable bonds is 3. The van der Waals surface area contributed by atoms with Gasteiger partial charge in [0, 0.05) is 9.26 Å². The van der Waals surface area contributed by atoms with Gasteiger partial charge in [0.1, 0.15) is 5.69 Å². The summed E-state index contributed by atoms with van der Waals surface area (Å²) in [5, 5.41) is 0. The number of halogens is 1. The van der Waals surface area contributed by atoms with Gasteiger partial charge in [0.2, 0.25) is 0 Å². The Kier molecular flexibility index (Phi) is 4.34. The summed E-state index contributed by atoms with van der Waals surface area (Å²) in [6, 6.07) is 0. The van der Waals surface area contributed by atoms with Gasteiger partial charge in [-0.05, 0) is 35.1 Å². The van der Waals surface area contributed by atoms with Crippen LogP contribution in [-0.2, 0) is 20.7 Å². The summed E-state index contributed by atoms with van der Waals surface area (Å²) in [5.74, 6) is -0.778. The first-order valence-electron chi connectivity index (χ1n) is 4.53. The van der Waals surface area contributed by atoms with Crippen molar-refractivity contribution >= 4 is 34.5 Å². The maximum absolute atomic E-state index is 11.4. The Morgan fingerprint density at radius 3 is 2.44 bits per heavy atom.